The zero-order valence-electron chi connectivity index (χ0n) is 24.1. The molecule has 0 atom stereocenters. The molecule has 1 aliphatic rings. The van der Waals surface area contributed by atoms with Gasteiger partial charge in [-0.25, -0.2) is 0 Å². The second kappa shape index (κ2) is 13.4. The largest absolute Gasteiger partial charge is 0.482 e. The van der Waals surface area contributed by atoms with E-state index in [1.165, 1.54) is 42.9 Å². The lowest BCUT2D eigenvalue weighted by Crippen LogP contribution is -2.38. The van der Waals surface area contributed by atoms with E-state index in [4.69, 9.17) is 4.74 Å². The molecule has 5 nitrogen and oxygen atoms in total. The van der Waals surface area contributed by atoms with Crippen LogP contribution < -0.4 is 20.7 Å². The molecule has 0 radical (unpaired) electrons. The summed E-state index contributed by atoms with van der Waals surface area (Å²) in [4.78, 5) is 2.64. The first-order valence-corrected chi connectivity index (χ1v) is 17.3. The van der Waals surface area contributed by atoms with Crippen LogP contribution in [-0.2, 0) is 11.0 Å². The van der Waals surface area contributed by atoms with Crippen molar-refractivity contribution < 1.29 is 35.6 Å². The van der Waals surface area contributed by atoms with Crippen molar-refractivity contribution in [3.63, 3.8) is 0 Å². The van der Waals surface area contributed by atoms with Crippen LogP contribution >= 0.6 is 18.5 Å². The van der Waals surface area contributed by atoms with Crippen molar-refractivity contribution in [3.8, 4) is 17.6 Å². The summed E-state index contributed by atoms with van der Waals surface area (Å²) in [6.07, 6.45) is -8.27. The van der Waals surface area contributed by atoms with Gasteiger partial charge in [-0.15, -0.1) is 11.3 Å². The van der Waals surface area contributed by atoms with Crippen molar-refractivity contribution >= 4 is 45.2 Å². The molecule has 234 valence electrons. The number of nitrogens with zero attached hydrogens (tertiary/aromatic N) is 1. The lowest BCUT2D eigenvalue weighted by molar-refractivity contribution is -0.153. The van der Waals surface area contributed by atoms with Crippen molar-refractivity contribution in [2.45, 2.75) is 44.6 Å². The zero-order valence-corrected chi connectivity index (χ0v) is 25.8. The van der Waals surface area contributed by atoms with E-state index in [1.54, 1.807) is 12.1 Å². The molecule has 2 aromatic carbocycles. The average molecular weight is 646 g/mol. The van der Waals surface area contributed by atoms with Crippen LogP contribution in [0.4, 0.5) is 37.7 Å². The van der Waals surface area contributed by atoms with Gasteiger partial charge in [-0.2, -0.15) is 26.3 Å². The molecule has 0 unspecified atom stereocenters. The van der Waals surface area contributed by atoms with E-state index in [0.717, 1.165) is 38.2 Å². The number of likely N-dealkylation sites (tertiary alicyclic amines) is 1. The lowest BCUT2D eigenvalue weighted by Gasteiger charge is -2.32. The highest BCUT2D eigenvalue weighted by Gasteiger charge is 2.32. The van der Waals surface area contributed by atoms with Crippen molar-refractivity contribution in [1.29, 1.82) is 0 Å². The SMILES string of the molecule is CCN1CCC(Nc2cccc3c(CC(F)(F)F)c(C#CCNc4ccc(P(C)(C)=O)cc4OCC(F)(F)F)sc23)CC1. The summed E-state index contributed by atoms with van der Waals surface area (Å²) in [7, 11) is -2.77. The molecule has 0 amide bonds. The Labute approximate surface area is 251 Å². The molecule has 0 bridgehead atoms. The van der Waals surface area contributed by atoms with E-state index >= 15 is 0 Å². The average Bonchev–Trinajstić information content (AvgIpc) is 3.26. The topological polar surface area (TPSA) is 53.6 Å². The molecule has 1 aliphatic heterocycles. The van der Waals surface area contributed by atoms with Crippen LogP contribution in [0.25, 0.3) is 10.1 Å². The number of halogens is 6. The van der Waals surface area contributed by atoms with Gasteiger partial charge in [0.25, 0.3) is 0 Å². The Morgan fingerprint density at radius 2 is 1.77 bits per heavy atom. The zero-order chi connectivity index (χ0) is 31.4. The van der Waals surface area contributed by atoms with Gasteiger partial charge in [-0.3, -0.25) is 0 Å². The molecular formula is C30H34F6N3O2PS. The number of hydrogen-bond acceptors (Lipinski definition) is 6. The molecule has 2 heterocycles. The van der Waals surface area contributed by atoms with E-state index in [-0.39, 0.29) is 34.5 Å². The van der Waals surface area contributed by atoms with Crippen molar-refractivity contribution in [2.24, 2.45) is 0 Å². The Bertz CT molecular complexity index is 1530. The fraction of sp³-hybridized carbons (Fsp3) is 0.467. The van der Waals surface area contributed by atoms with Gasteiger partial charge in [0.05, 0.1) is 33.9 Å². The minimum Gasteiger partial charge on any atom is -0.482 e. The monoisotopic (exact) mass is 645 g/mol. The highest BCUT2D eigenvalue weighted by molar-refractivity contribution is 7.70. The van der Waals surface area contributed by atoms with Gasteiger partial charge in [-0.1, -0.05) is 30.9 Å². The number of ether oxygens (including phenoxy) is 1. The summed E-state index contributed by atoms with van der Waals surface area (Å²) in [6.45, 7) is 6.40. The van der Waals surface area contributed by atoms with E-state index in [1.807, 2.05) is 6.07 Å². The van der Waals surface area contributed by atoms with Crippen molar-refractivity contribution in [3.05, 3.63) is 46.8 Å². The van der Waals surface area contributed by atoms with E-state index in [9.17, 15) is 30.9 Å². The number of piperidine rings is 1. The Morgan fingerprint density at radius 1 is 1.05 bits per heavy atom. The number of anilines is 2. The maximum Gasteiger partial charge on any atom is 0.422 e. The molecule has 1 saturated heterocycles. The second-order valence-electron chi connectivity index (χ2n) is 10.8. The normalized spacial score (nSPS) is 15.3. The van der Waals surface area contributed by atoms with Gasteiger partial charge in [0.15, 0.2) is 6.61 Å². The van der Waals surface area contributed by atoms with Crippen LogP contribution in [0.5, 0.6) is 5.75 Å². The Kier molecular flexibility index (Phi) is 10.3. The molecule has 1 fully saturated rings. The molecule has 0 aliphatic carbocycles. The summed E-state index contributed by atoms with van der Waals surface area (Å²) in [5.41, 5.74) is 1.08. The number of nitrogens with one attached hydrogen (secondary N) is 2. The molecular weight excluding hydrogens is 611 g/mol. The number of alkyl halides is 6. The molecule has 4 rings (SSSR count). The fourth-order valence-corrected chi connectivity index (χ4v) is 6.94. The second-order valence-corrected chi connectivity index (χ2v) is 15.1. The predicted molar refractivity (Wildman–Crippen MR) is 163 cm³/mol. The summed E-state index contributed by atoms with van der Waals surface area (Å²) in [6, 6.07) is 9.80. The van der Waals surface area contributed by atoms with Gasteiger partial charge in [0.2, 0.25) is 0 Å². The van der Waals surface area contributed by atoms with Crippen LogP contribution in [0, 0.1) is 11.8 Å². The standard InChI is InChI=1S/C30H34F6N3O2PS/c1-4-39-15-12-20(13-16-39)38-25-8-5-7-22-23(18-29(31,32)33)27(43-28(22)25)9-6-14-37-24-11-10-21(42(2,3)40)17-26(24)41-19-30(34,35)36/h5,7-8,10-11,17,20,37-38H,4,12-16,18-19H2,1-3H3. The highest BCUT2D eigenvalue weighted by Crippen LogP contribution is 2.40. The van der Waals surface area contributed by atoms with Crippen molar-refractivity contribution in [2.75, 3.05) is 56.7 Å². The molecule has 43 heavy (non-hydrogen) atoms. The molecule has 1 aromatic heterocycles. The molecule has 0 spiro atoms. The fourth-order valence-electron chi connectivity index (χ4n) is 4.91. The summed E-state index contributed by atoms with van der Waals surface area (Å²) in [5.74, 6) is 5.54. The number of hydrogen-bond donors (Lipinski definition) is 2. The Hall–Kier alpha value is -2.87. The van der Waals surface area contributed by atoms with Crippen LogP contribution in [0.3, 0.4) is 0 Å². The minimum atomic E-state index is -4.58. The highest BCUT2D eigenvalue weighted by atomic mass is 32.1. The Balaban J connectivity index is 1.58. The van der Waals surface area contributed by atoms with Crippen LogP contribution in [0.2, 0.25) is 0 Å². The van der Waals surface area contributed by atoms with Crippen LogP contribution in [-0.4, -0.2) is 69.4 Å². The molecule has 2 N–H and O–H groups in total. The van der Waals surface area contributed by atoms with Crippen LogP contribution in [0.15, 0.2) is 36.4 Å². The first-order chi connectivity index (χ1) is 20.1. The summed E-state index contributed by atoms with van der Waals surface area (Å²) < 4.78 is 97.4. The number of benzene rings is 2. The first-order valence-electron chi connectivity index (χ1n) is 13.8. The van der Waals surface area contributed by atoms with Crippen molar-refractivity contribution in [1.82, 2.24) is 4.90 Å². The smallest absolute Gasteiger partial charge is 0.422 e. The summed E-state index contributed by atoms with van der Waals surface area (Å²) >= 11 is 1.19. The van der Waals surface area contributed by atoms with Gasteiger partial charge < -0.3 is 24.8 Å². The number of thiophene rings is 1. The van der Waals surface area contributed by atoms with Gasteiger partial charge >= 0.3 is 12.4 Å². The molecule has 0 saturated carbocycles. The third-order valence-electron chi connectivity index (χ3n) is 7.14. The predicted octanol–water partition coefficient (Wildman–Crippen LogP) is 7.56. The van der Waals surface area contributed by atoms with Crippen LogP contribution in [0.1, 0.15) is 30.2 Å². The third-order valence-corrected chi connectivity index (χ3v) is 9.86. The van der Waals surface area contributed by atoms with Gasteiger partial charge in [0, 0.05) is 24.4 Å². The maximum atomic E-state index is 13.6. The lowest BCUT2D eigenvalue weighted by atomic mass is 10.0. The molecule has 3 aromatic rings. The minimum absolute atomic E-state index is 0.0710. The van der Waals surface area contributed by atoms with Gasteiger partial charge in [0.1, 0.15) is 12.9 Å². The van der Waals surface area contributed by atoms with E-state index in [2.05, 4.69) is 34.3 Å². The van der Waals surface area contributed by atoms with Gasteiger partial charge in [-0.05, 0) is 67.9 Å². The molecule has 13 heteroatoms. The first kappa shape index (κ1) is 33.0. The van der Waals surface area contributed by atoms with E-state index < -0.39 is 32.5 Å². The maximum absolute atomic E-state index is 13.6. The Morgan fingerprint density at radius 3 is 2.40 bits per heavy atom. The van der Waals surface area contributed by atoms with E-state index in [0.29, 0.717) is 15.4 Å². The summed E-state index contributed by atoms with van der Waals surface area (Å²) in [5, 5.41) is 7.27. The quantitative estimate of drug-likeness (QED) is 0.143. The number of rotatable bonds is 9. The third kappa shape index (κ3) is 9.31. The number of fused-ring (bicyclic) bond motifs is 1.